The summed E-state index contributed by atoms with van der Waals surface area (Å²) in [6.45, 7) is 10.9. The molecule has 0 saturated carbocycles. The zero-order chi connectivity index (χ0) is 21.9. The van der Waals surface area contributed by atoms with E-state index in [-0.39, 0.29) is 24.8 Å². The van der Waals surface area contributed by atoms with Gasteiger partial charge in [0.25, 0.3) is 0 Å². The Morgan fingerprint density at radius 1 is 0.969 bits per heavy atom. The van der Waals surface area contributed by atoms with Crippen molar-refractivity contribution in [1.82, 2.24) is 4.57 Å². The largest absolute Gasteiger partial charge is 1.00 e. The molecule has 4 heteroatoms. The number of aryl methyl sites for hydroxylation is 1. The van der Waals surface area contributed by atoms with E-state index < -0.39 is 0 Å². The minimum absolute atomic E-state index is 0. The Kier molecular flexibility index (Phi) is 11.0. The molecule has 0 aliphatic heterocycles. The second-order valence-electron chi connectivity index (χ2n) is 9.03. The average Bonchev–Trinajstić information content (AvgIpc) is 3.39. The van der Waals surface area contributed by atoms with Crippen LogP contribution in [-0.2, 0) is 31.3 Å². The minimum atomic E-state index is 0. The standard InChI is InChI=1S/C16H12N.C9H13.C3H6.2ClH.Zr/c1-17-15-9-5-4-8-13(15)14-10-11-6-2-3-7-12(11)16(14)17;1-9(2,3)8-6-4-5-7-8;1-3-2;;;/h2-10H,1H3;6-7H,4H2,1-3H3;1-2H3;2*1H;/q2*-1;;;;+2/p-2. The van der Waals surface area contributed by atoms with Gasteiger partial charge in [0.2, 0.25) is 0 Å². The Hall–Kier alpha value is -1.34. The maximum absolute atomic E-state index is 3.16. The van der Waals surface area contributed by atoms with Crippen LogP contribution in [0.3, 0.4) is 0 Å². The van der Waals surface area contributed by atoms with Crippen LogP contribution in [0.4, 0.5) is 0 Å². The smallest absolute Gasteiger partial charge is 0.00712 e. The van der Waals surface area contributed by atoms with Crippen LogP contribution in [0.5, 0.6) is 0 Å². The van der Waals surface area contributed by atoms with Crippen LogP contribution in [-0.4, -0.2) is 7.77 Å². The van der Waals surface area contributed by atoms with Crippen LogP contribution >= 0.6 is 0 Å². The Balaban J connectivity index is 0.000000293. The summed E-state index contributed by atoms with van der Waals surface area (Å²) >= 11 is 1.55. The predicted octanol–water partition coefficient (Wildman–Crippen LogP) is 1.68. The van der Waals surface area contributed by atoms with Gasteiger partial charge < -0.3 is 29.4 Å². The molecule has 0 radical (unpaired) electrons. The summed E-state index contributed by atoms with van der Waals surface area (Å²) in [6, 6.07) is 19.5. The van der Waals surface area contributed by atoms with Crippen LogP contribution < -0.4 is 24.8 Å². The number of allylic oxidation sites excluding steroid dienone is 4. The molecule has 3 aromatic carbocycles. The van der Waals surface area contributed by atoms with Crippen LogP contribution in [0, 0.1) is 11.5 Å². The van der Waals surface area contributed by atoms with E-state index in [1.807, 2.05) is 0 Å². The third kappa shape index (κ3) is 6.60. The van der Waals surface area contributed by atoms with Crippen molar-refractivity contribution in [2.24, 2.45) is 12.5 Å². The van der Waals surface area contributed by atoms with E-state index in [2.05, 4.69) is 119 Å². The molecule has 0 unspecified atom stereocenters. The summed E-state index contributed by atoms with van der Waals surface area (Å²) in [6.07, 6.45) is 8.50. The molecule has 1 nitrogen and oxygen atoms in total. The molecule has 0 amide bonds. The number of hydrogen-bond acceptors (Lipinski definition) is 0. The van der Waals surface area contributed by atoms with E-state index >= 15 is 0 Å². The first-order valence-corrected chi connectivity index (χ1v) is 11.7. The summed E-state index contributed by atoms with van der Waals surface area (Å²) in [5.41, 5.74) is 4.40. The van der Waals surface area contributed by atoms with Crippen molar-refractivity contribution in [3.8, 4) is 0 Å². The van der Waals surface area contributed by atoms with Crippen molar-refractivity contribution >= 4 is 35.8 Å². The molecule has 1 aromatic heterocycles. The molecule has 0 fully saturated rings. The monoisotopic (exact) mass is 541 g/mol. The molecule has 4 aromatic rings. The Morgan fingerprint density at radius 2 is 1.53 bits per heavy atom. The Labute approximate surface area is 220 Å². The quantitative estimate of drug-likeness (QED) is 0.298. The van der Waals surface area contributed by atoms with Gasteiger partial charge in [0.15, 0.2) is 0 Å². The van der Waals surface area contributed by atoms with Crippen molar-refractivity contribution < 1.29 is 49.0 Å². The fraction of sp³-hybridized carbons (Fsp3) is 0.286. The molecule has 0 N–H and O–H groups in total. The van der Waals surface area contributed by atoms with Crippen LogP contribution in [0.1, 0.15) is 41.0 Å². The number of aromatic nitrogens is 1. The number of nitrogens with zero attached hydrogens (tertiary/aromatic N) is 1. The van der Waals surface area contributed by atoms with Crippen molar-refractivity contribution in [3.05, 3.63) is 78.4 Å². The van der Waals surface area contributed by atoms with Gasteiger partial charge >= 0.3 is 41.3 Å². The Bertz CT molecular complexity index is 1240. The topological polar surface area (TPSA) is 4.93 Å². The zero-order valence-corrected chi connectivity index (χ0v) is 23.7. The number of benzene rings is 2. The number of halogens is 2. The first-order chi connectivity index (χ1) is 14.2. The van der Waals surface area contributed by atoms with Gasteiger partial charge in [0.1, 0.15) is 0 Å². The average molecular weight is 544 g/mol. The fourth-order valence-corrected chi connectivity index (χ4v) is 3.81. The van der Waals surface area contributed by atoms with E-state index in [0.717, 1.165) is 6.42 Å². The molecule has 1 aliphatic carbocycles. The first kappa shape index (κ1) is 28.7. The van der Waals surface area contributed by atoms with E-state index in [0.29, 0.717) is 5.41 Å². The minimum Gasteiger partial charge on any atom is -1.00 e. The maximum Gasteiger partial charge on any atom is 0.00712 e. The van der Waals surface area contributed by atoms with Crippen LogP contribution in [0.15, 0.2) is 72.3 Å². The number of para-hydroxylation sites is 1. The molecule has 0 atom stereocenters. The van der Waals surface area contributed by atoms with Crippen molar-refractivity contribution in [1.29, 1.82) is 0 Å². The van der Waals surface area contributed by atoms with Crippen molar-refractivity contribution in [2.75, 3.05) is 0 Å². The molecule has 0 saturated heterocycles. The number of rotatable bonds is 0. The Morgan fingerprint density at radius 3 is 2.06 bits per heavy atom. The molecule has 1 aliphatic rings. The maximum atomic E-state index is 3.16. The SMILES string of the molecule is CC(C)(C)C1=CC[C-]=C1.C[C](C)=[Zr+2].Cn1c2ccccc2c2[cH-]c3ccccc3c21.[Cl-].[Cl-]. The predicted molar refractivity (Wildman–Crippen MR) is 130 cm³/mol. The van der Waals surface area contributed by atoms with E-state index in [4.69, 9.17) is 0 Å². The molecular weight excluding hydrogens is 512 g/mol. The van der Waals surface area contributed by atoms with E-state index in [1.165, 1.54) is 41.4 Å². The summed E-state index contributed by atoms with van der Waals surface area (Å²) in [7, 11) is 2.15. The van der Waals surface area contributed by atoms with Gasteiger partial charge in [-0.3, -0.25) is 6.08 Å². The van der Waals surface area contributed by atoms with Gasteiger partial charge in [-0.2, -0.15) is 11.6 Å². The molecule has 1 heterocycles. The van der Waals surface area contributed by atoms with Crippen molar-refractivity contribution in [3.63, 3.8) is 0 Å². The summed E-state index contributed by atoms with van der Waals surface area (Å²) in [4.78, 5) is 0. The molecule has 32 heavy (non-hydrogen) atoms. The molecule has 0 bridgehead atoms. The zero-order valence-electron chi connectivity index (χ0n) is 19.8. The van der Waals surface area contributed by atoms with Crippen molar-refractivity contribution in [2.45, 2.75) is 41.0 Å². The first-order valence-electron chi connectivity index (χ1n) is 10.5. The molecule has 0 spiro atoms. The van der Waals surface area contributed by atoms with E-state index in [1.54, 1.807) is 24.2 Å². The van der Waals surface area contributed by atoms with Crippen LogP contribution in [0.25, 0.3) is 32.6 Å². The molecule has 168 valence electrons. The summed E-state index contributed by atoms with van der Waals surface area (Å²) < 4.78 is 3.81. The third-order valence-electron chi connectivity index (χ3n) is 5.23. The second kappa shape index (κ2) is 12.2. The molecular formula is C28H31Cl2NZr-2. The number of hydrogen-bond donors (Lipinski definition) is 0. The third-order valence-corrected chi connectivity index (χ3v) is 5.23. The van der Waals surface area contributed by atoms with Gasteiger partial charge in [-0.25, -0.2) is 6.08 Å². The summed E-state index contributed by atoms with van der Waals surface area (Å²) in [5, 5.41) is 5.39. The van der Waals surface area contributed by atoms with Gasteiger partial charge in [0, 0.05) is 12.6 Å². The summed E-state index contributed by atoms with van der Waals surface area (Å²) in [5.74, 6) is 0. The van der Waals surface area contributed by atoms with Gasteiger partial charge in [-0.15, -0.1) is 23.9 Å². The van der Waals surface area contributed by atoms with E-state index in [9.17, 15) is 0 Å². The van der Waals surface area contributed by atoms with Gasteiger partial charge in [-0.05, 0) is 11.6 Å². The normalized spacial score (nSPS) is 12.3. The fourth-order valence-electron chi connectivity index (χ4n) is 3.81. The van der Waals surface area contributed by atoms with Gasteiger partial charge in [-0.1, -0.05) is 78.7 Å². The van der Waals surface area contributed by atoms with Crippen LogP contribution in [0.2, 0.25) is 0 Å². The second-order valence-corrected chi connectivity index (χ2v) is 11.5. The number of fused-ring (bicyclic) bond motifs is 5. The molecule has 5 rings (SSSR count). The van der Waals surface area contributed by atoms with Gasteiger partial charge in [0.05, 0.1) is 0 Å².